The zero-order chi connectivity index (χ0) is 12.3. The Morgan fingerprint density at radius 3 is 2.25 bits per heavy atom. The highest BCUT2D eigenvalue weighted by Gasteiger charge is 2.39. The van der Waals surface area contributed by atoms with Crippen LogP contribution >= 0.6 is 0 Å². The molecule has 0 heterocycles. The number of halogens is 3. The van der Waals surface area contributed by atoms with Gasteiger partial charge in [0.25, 0.3) is 0 Å². The number of hydrogen-bond donors (Lipinski definition) is 1. The van der Waals surface area contributed by atoms with Gasteiger partial charge in [-0.1, -0.05) is 12.1 Å². The second-order valence-corrected chi connectivity index (χ2v) is 3.10. The van der Waals surface area contributed by atoms with Gasteiger partial charge in [-0.2, -0.15) is 13.2 Å². The number of para-hydroxylation sites is 1. The smallest absolute Gasteiger partial charge is 0.407 e. The minimum atomic E-state index is -4.51. The van der Waals surface area contributed by atoms with Crippen LogP contribution in [0.1, 0.15) is 11.6 Å². The molecule has 0 fully saturated rings. The quantitative estimate of drug-likeness (QED) is 0.874. The average molecular weight is 235 g/mol. The van der Waals surface area contributed by atoms with Gasteiger partial charge >= 0.3 is 6.18 Å². The van der Waals surface area contributed by atoms with Crippen molar-refractivity contribution in [3.05, 3.63) is 23.8 Å². The van der Waals surface area contributed by atoms with E-state index in [2.05, 4.69) is 0 Å². The predicted molar refractivity (Wildman–Crippen MR) is 52.5 cm³/mol. The largest absolute Gasteiger partial charge is 0.493 e. The Balaban J connectivity index is 3.23. The number of ether oxygens (including phenoxy) is 2. The summed E-state index contributed by atoms with van der Waals surface area (Å²) in [5.41, 5.74) is 4.97. The Bertz CT molecular complexity index is 366. The van der Waals surface area contributed by atoms with E-state index in [1.54, 1.807) is 0 Å². The van der Waals surface area contributed by atoms with E-state index in [9.17, 15) is 13.2 Å². The number of benzene rings is 1. The number of hydrogen-bond acceptors (Lipinski definition) is 3. The van der Waals surface area contributed by atoms with Gasteiger partial charge in [0.05, 0.1) is 14.2 Å². The van der Waals surface area contributed by atoms with Crippen LogP contribution in [0, 0.1) is 0 Å². The lowest BCUT2D eigenvalue weighted by Gasteiger charge is -2.19. The second-order valence-electron chi connectivity index (χ2n) is 3.10. The van der Waals surface area contributed by atoms with Gasteiger partial charge in [-0.25, -0.2) is 0 Å². The first-order chi connectivity index (χ1) is 7.41. The maximum Gasteiger partial charge on any atom is 0.407 e. The molecule has 3 nitrogen and oxygen atoms in total. The molecule has 0 unspecified atom stereocenters. The monoisotopic (exact) mass is 235 g/mol. The molecule has 0 spiro atoms. The summed E-state index contributed by atoms with van der Waals surface area (Å²) in [7, 11) is 2.62. The molecular formula is C10H12F3NO2. The van der Waals surface area contributed by atoms with E-state index in [1.807, 2.05) is 0 Å². The molecule has 0 radical (unpaired) electrons. The maximum atomic E-state index is 12.5. The molecule has 6 heteroatoms. The molecule has 1 aromatic rings. The minimum absolute atomic E-state index is 0.00910. The first-order valence-electron chi connectivity index (χ1n) is 4.45. The van der Waals surface area contributed by atoms with Crippen LogP contribution in [-0.4, -0.2) is 20.4 Å². The van der Waals surface area contributed by atoms with Crippen molar-refractivity contribution in [3.8, 4) is 11.5 Å². The summed E-state index contributed by atoms with van der Waals surface area (Å²) in [5.74, 6) is 0.231. The van der Waals surface area contributed by atoms with E-state index in [0.717, 1.165) is 0 Å². The number of rotatable bonds is 3. The summed E-state index contributed by atoms with van der Waals surface area (Å²) in [6.45, 7) is 0. The van der Waals surface area contributed by atoms with Crippen molar-refractivity contribution in [1.29, 1.82) is 0 Å². The third kappa shape index (κ3) is 2.38. The van der Waals surface area contributed by atoms with E-state index in [4.69, 9.17) is 15.2 Å². The Morgan fingerprint density at radius 1 is 1.19 bits per heavy atom. The molecule has 0 saturated heterocycles. The van der Waals surface area contributed by atoms with Crippen molar-refractivity contribution in [2.45, 2.75) is 12.2 Å². The van der Waals surface area contributed by atoms with Gasteiger partial charge in [-0.05, 0) is 6.07 Å². The van der Waals surface area contributed by atoms with E-state index in [0.29, 0.717) is 0 Å². The minimum Gasteiger partial charge on any atom is -0.493 e. The van der Waals surface area contributed by atoms with Crippen LogP contribution in [-0.2, 0) is 0 Å². The van der Waals surface area contributed by atoms with Crippen molar-refractivity contribution < 1.29 is 22.6 Å². The molecule has 0 aliphatic heterocycles. The highest BCUT2D eigenvalue weighted by molar-refractivity contribution is 5.48. The number of nitrogens with two attached hydrogens (primary N) is 1. The molecular weight excluding hydrogens is 223 g/mol. The van der Waals surface area contributed by atoms with Gasteiger partial charge in [0.15, 0.2) is 11.5 Å². The van der Waals surface area contributed by atoms with Crippen LogP contribution in [0.15, 0.2) is 18.2 Å². The first kappa shape index (κ1) is 12.6. The van der Waals surface area contributed by atoms with Crippen LogP contribution in [0.25, 0.3) is 0 Å². The lowest BCUT2D eigenvalue weighted by Crippen LogP contribution is -2.28. The molecule has 0 aliphatic rings. The van der Waals surface area contributed by atoms with Crippen molar-refractivity contribution in [2.24, 2.45) is 5.73 Å². The fourth-order valence-corrected chi connectivity index (χ4v) is 1.33. The van der Waals surface area contributed by atoms with Crippen LogP contribution in [0.4, 0.5) is 13.2 Å². The van der Waals surface area contributed by atoms with Gasteiger partial charge < -0.3 is 15.2 Å². The van der Waals surface area contributed by atoms with Crippen molar-refractivity contribution in [2.75, 3.05) is 14.2 Å². The zero-order valence-corrected chi connectivity index (χ0v) is 8.84. The summed E-state index contributed by atoms with van der Waals surface area (Å²) >= 11 is 0. The molecule has 1 atom stereocenters. The van der Waals surface area contributed by atoms with E-state index in [-0.39, 0.29) is 17.1 Å². The Labute approximate surface area is 91.0 Å². The van der Waals surface area contributed by atoms with E-state index >= 15 is 0 Å². The standard InChI is InChI=1S/C10H12F3NO2/c1-15-7-5-3-4-6(8(7)16-2)9(14)10(11,12)13/h3-5,9H,14H2,1-2H3/t9-/m1/s1. The predicted octanol–water partition coefficient (Wildman–Crippen LogP) is 2.27. The molecule has 1 rings (SSSR count). The lowest BCUT2D eigenvalue weighted by atomic mass is 10.1. The number of methoxy groups -OCH3 is 2. The molecule has 0 amide bonds. The maximum absolute atomic E-state index is 12.5. The lowest BCUT2D eigenvalue weighted by molar-refractivity contribution is -0.149. The Morgan fingerprint density at radius 2 is 1.81 bits per heavy atom. The highest BCUT2D eigenvalue weighted by Crippen LogP contribution is 2.39. The highest BCUT2D eigenvalue weighted by atomic mass is 19.4. The third-order valence-electron chi connectivity index (χ3n) is 2.12. The molecule has 90 valence electrons. The normalized spacial score (nSPS) is 13.4. The molecule has 16 heavy (non-hydrogen) atoms. The molecule has 0 bridgehead atoms. The summed E-state index contributed by atoms with van der Waals surface area (Å²) in [6, 6.07) is 2.12. The third-order valence-corrected chi connectivity index (χ3v) is 2.12. The van der Waals surface area contributed by atoms with Crippen LogP contribution < -0.4 is 15.2 Å². The SMILES string of the molecule is COc1cccc([C@@H](N)C(F)(F)F)c1OC. The zero-order valence-electron chi connectivity index (χ0n) is 8.84. The molecule has 0 aliphatic carbocycles. The molecule has 2 N–H and O–H groups in total. The first-order valence-corrected chi connectivity index (χ1v) is 4.45. The van der Waals surface area contributed by atoms with Crippen LogP contribution in [0.5, 0.6) is 11.5 Å². The fraction of sp³-hybridized carbons (Fsp3) is 0.400. The molecule has 1 aromatic carbocycles. The molecule has 0 saturated carbocycles. The number of alkyl halides is 3. The fourth-order valence-electron chi connectivity index (χ4n) is 1.33. The van der Waals surface area contributed by atoms with Gasteiger partial charge in [0.1, 0.15) is 6.04 Å². The van der Waals surface area contributed by atoms with Gasteiger partial charge in [0, 0.05) is 5.56 Å². The Kier molecular flexibility index (Phi) is 3.64. The van der Waals surface area contributed by atoms with Crippen LogP contribution in [0.2, 0.25) is 0 Å². The van der Waals surface area contributed by atoms with Crippen molar-refractivity contribution in [3.63, 3.8) is 0 Å². The van der Waals surface area contributed by atoms with E-state index < -0.39 is 12.2 Å². The Hall–Kier alpha value is -1.43. The van der Waals surface area contributed by atoms with Crippen molar-refractivity contribution >= 4 is 0 Å². The second kappa shape index (κ2) is 4.61. The van der Waals surface area contributed by atoms with Gasteiger partial charge in [-0.15, -0.1) is 0 Å². The van der Waals surface area contributed by atoms with E-state index in [1.165, 1.54) is 32.4 Å². The van der Waals surface area contributed by atoms with Crippen molar-refractivity contribution in [1.82, 2.24) is 0 Å². The summed E-state index contributed by atoms with van der Waals surface area (Å²) in [5, 5.41) is 0. The van der Waals surface area contributed by atoms with Gasteiger partial charge in [-0.3, -0.25) is 0 Å². The summed E-state index contributed by atoms with van der Waals surface area (Å²) in [4.78, 5) is 0. The summed E-state index contributed by atoms with van der Waals surface area (Å²) in [6.07, 6.45) is -4.51. The van der Waals surface area contributed by atoms with Crippen LogP contribution in [0.3, 0.4) is 0 Å². The van der Waals surface area contributed by atoms with Gasteiger partial charge in [0.2, 0.25) is 0 Å². The summed E-state index contributed by atoms with van der Waals surface area (Å²) < 4.78 is 47.2. The average Bonchev–Trinajstić information content (AvgIpc) is 2.25. The topological polar surface area (TPSA) is 44.5 Å². The molecule has 0 aromatic heterocycles.